The third-order valence-corrected chi connectivity index (χ3v) is 5.71. The molecule has 0 spiro atoms. The Kier molecular flexibility index (Phi) is 4.44. The van der Waals surface area contributed by atoms with Crippen molar-refractivity contribution < 1.29 is 18.3 Å². The average Bonchev–Trinajstić information content (AvgIpc) is 2.36. The van der Waals surface area contributed by atoms with E-state index < -0.39 is 15.6 Å². The molecule has 2 rings (SSSR count). The number of halogens is 1. The standard InChI is InChI=1S/C13H18BrNO4S/c1-3-6-13(16)8-15(9-13)20(17,18)12-7-10(14)4-5-11(12)19-2/h4-5,7,16H,3,6,8-9H2,1-2H3. The molecule has 1 saturated heterocycles. The summed E-state index contributed by atoms with van der Waals surface area (Å²) in [5.74, 6) is 0.305. The Labute approximate surface area is 127 Å². The number of hydrogen-bond acceptors (Lipinski definition) is 4. The van der Waals surface area contributed by atoms with Crippen molar-refractivity contribution in [1.29, 1.82) is 0 Å². The van der Waals surface area contributed by atoms with Crippen LogP contribution in [0.5, 0.6) is 5.75 Å². The van der Waals surface area contributed by atoms with Gasteiger partial charge in [0.05, 0.1) is 12.7 Å². The van der Waals surface area contributed by atoms with Gasteiger partial charge < -0.3 is 9.84 Å². The van der Waals surface area contributed by atoms with Gasteiger partial charge in [0.25, 0.3) is 0 Å². The Morgan fingerprint density at radius 2 is 2.10 bits per heavy atom. The molecule has 0 aromatic heterocycles. The van der Waals surface area contributed by atoms with Crippen LogP contribution in [0.15, 0.2) is 27.6 Å². The van der Waals surface area contributed by atoms with Crippen LogP contribution < -0.4 is 4.74 Å². The van der Waals surface area contributed by atoms with Crippen LogP contribution in [0.3, 0.4) is 0 Å². The largest absolute Gasteiger partial charge is 0.495 e. The van der Waals surface area contributed by atoms with Crippen LogP contribution in [0.4, 0.5) is 0 Å². The molecule has 1 N–H and O–H groups in total. The summed E-state index contributed by atoms with van der Waals surface area (Å²) in [7, 11) is -2.20. The molecular weight excluding hydrogens is 346 g/mol. The summed E-state index contributed by atoms with van der Waals surface area (Å²) in [6, 6.07) is 4.85. The first kappa shape index (κ1) is 15.8. The first-order valence-corrected chi connectivity index (χ1v) is 8.62. The Bertz CT molecular complexity index is 596. The summed E-state index contributed by atoms with van der Waals surface area (Å²) in [5.41, 5.74) is -0.888. The Morgan fingerprint density at radius 3 is 2.65 bits per heavy atom. The molecule has 112 valence electrons. The fourth-order valence-corrected chi connectivity index (χ4v) is 4.69. The van der Waals surface area contributed by atoms with Crippen LogP contribution in [0.1, 0.15) is 19.8 Å². The number of methoxy groups -OCH3 is 1. The maximum atomic E-state index is 12.6. The van der Waals surface area contributed by atoms with Crippen LogP contribution >= 0.6 is 15.9 Å². The van der Waals surface area contributed by atoms with Gasteiger partial charge in [0.15, 0.2) is 0 Å². The third kappa shape index (κ3) is 2.86. The lowest BCUT2D eigenvalue weighted by molar-refractivity contribution is -0.0653. The minimum Gasteiger partial charge on any atom is -0.495 e. The van der Waals surface area contributed by atoms with Crippen LogP contribution in [-0.2, 0) is 10.0 Å². The molecule has 0 aliphatic carbocycles. The van der Waals surface area contributed by atoms with Crippen molar-refractivity contribution in [2.24, 2.45) is 0 Å². The molecule has 1 aliphatic rings. The van der Waals surface area contributed by atoms with E-state index in [-0.39, 0.29) is 18.0 Å². The highest BCUT2D eigenvalue weighted by Crippen LogP contribution is 2.35. The number of ether oxygens (including phenoxy) is 1. The van der Waals surface area contributed by atoms with Gasteiger partial charge in [-0.1, -0.05) is 29.3 Å². The molecule has 5 nitrogen and oxygen atoms in total. The van der Waals surface area contributed by atoms with Crippen molar-refractivity contribution in [3.63, 3.8) is 0 Å². The zero-order valence-electron chi connectivity index (χ0n) is 11.5. The Hall–Kier alpha value is -0.630. The maximum Gasteiger partial charge on any atom is 0.246 e. The number of aliphatic hydroxyl groups is 1. The lowest BCUT2D eigenvalue weighted by Crippen LogP contribution is -2.63. The number of sulfonamides is 1. The van der Waals surface area contributed by atoms with E-state index in [0.717, 1.165) is 6.42 Å². The van der Waals surface area contributed by atoms with Gasteiger partial charge >= 0.3 is 0 Å². The number of nitrogens with zero attached hydrogens (tertiary/aromatic N) is 1. The smallest absolute Gasteiger partial charge is 0.246 e. The van der Waals surface area contributed by atoms with Crippen molar-refractivity contribution in [2.45, 2.75) is 30.3 Å². The third-order valence-electron chi connectivity index (χ3n) is 3.40. The highest BCUT2D eigenvalue weighted by atomic mass is 79.9. The lowest BCUT2D eigenvalue weighted by Gasteiger charge is -2.45. The topological polar surface area (TPSA) is 66.8 Å². The molecule has 0 unspecified atom stereocenters. The van der Waals surface area contributed by atoms with Gasteiger partial charge in [-0.25, -0.2) is 8.42 Å². The first-order valence-electron chi connectivity index (χ1n) is 6.38. The summed E-state index contributed by atoms with van der Waals surface area (Å²) in [4.78, 5) is 0.118. The first-order chi connectivity index (χ1) is 9.32. The van der Waals surface area contributed by atoms with Crippen LogP contribution in [0.2, 0.25) is 0 Å². The van der Waals surface area contributed by atoms with Gasteiger partial charge in [0, 0.05) is 17.6 Å². The van der Waals surface area contributed by atoms with E-state index in [2.05, 4.69) is 15.9 Å². The van der Waals surface area contributed by atoms with Crippen molar-refractivity contribution in [2.75, 3.05) is 20.2 Å². The maximum absolute atomic E-state index is 12.6. The van der Waals surface area contributed by atoms with Crippen LogP contribution in [0.25, 0.3) is 0 Å². The van der Waals surface area contributed by atoms with Gasteiger partial charge in [-0.2, -0.15) is 4.31 Å². The molecule has 0 radical (unpaired) electrons. The predicted octanol–water partition coefficient (Wildman–Crippen LogP) is 1.99. The number of hydrogen-bond donors (Lipinski definition) is 1. The van der Waals surface area contributed by atoms with Crippen LogP contribution in [0, 0.1) is 0 Å². The minimum absolute atomic E-state index is 0.118. The molecule has 0 bridgehead atoms. The van der Waals surface area contributed by atoms with Gasteiger partial charge in [0.1, 0.15) is 10.6 Å². The van der Waals surface area contributed by atoms with E-state index in [1.165, 1.54) is 17.5 Å². The highest BCUT2D eigenvalue weighted by Gasteiger charge is 2.47. The van der Waals surface area contributed by atoms with E-state index >= 15 is 0 Å². The van der Waals surface area contributed by atoms with E-state index in [1.807, 2.05) is 6.92 Å². The lowest BCUT2D eigenvalue weighted by atomic mass is 9.92. The summed E-state index contributed by atoms with van der Waals surface area (Å²) >= 11 is 3.27. The van der Waals surface area contributed by atoms with Crippen molar-refractivity contribution in [3.8, 4) is 5.75 Å². The van der Waals surface area contributed by atoms with Crippen molar-refractivity contribution >= 4 is 26.0 Å². The van der Waals surface area contributed by atoms with Crippen LogP contribution in [-0.4, -0.2) is 43.6 Å². The van der Waals surface area contributed by atoms with Crippen molar-refractivity contribution in [3.05, 3.63) is 22.7 Å². The molecule has 7 heteroatoms. The fourth-order valence-electron chi connectivity index (χ4n) is 2.39. The van der Waals surface area contributed by atoms with Gasteiger partial charge in [-0.3, -0.25) is 0 Å². The number of β-amino-alcohol motifs (C(OH)–C–C–N with tert-alkyl or cyclic N) is 1. The second-order valence-electron chi connectivity index (χ2n) is 5.04. The molecule has 1 fully saturated rings. The molecule has 0 amide bonds. The second kappa shape index (κ2) is 5.63. The predicted molar refractivity (Wildman–Crippen MR) is 79.3 cm³/mol. The number of benzene rings is 1. The highest BCUT2D eigenvalue weighted by molar-refractivity contribution is 9.10. The van der Waals surface area contributed by atoms with E-state index in [1.54, 1.807) is 12.1 Å². The Balaban J connectivity index is 2.27. The molecule has 0 saturated carbocycles. The molecule has 1 aromatic carbocycles. The van der Waals surface area contributed by atoms with E-state index in [4.69, 9.17) is 4.74 Å². The summed E-state index contributed by atoms with van der Waals surface area (Å²) in [6.07, 6.45) is 1.43. The zero-order valence-corrected chi connectivity index (χ0v) is 13.9. The molecule has 1 heterocycles. The van der Waals surface area contributed by atoms with Gasteiger partial charge in [0.2, 0.25) is 10.0 Å². The normalized spacial score (nSPS) is 18.6. The minimum atomic E-state index is -3.64. The second-order valence-corrected chi connectivity index (χ2v) is 7.86. The van der Waals surface area contributed by atoms with Gasteiger partial charge in [-0.15, -0.1) is 0 Å². The Morgan fingerprint density at radius 1 is 1.45 bits per heavy atom. The van der Waals surface area contributed by atoms with E-state index in [9.17, 15) is 13.5 Å². The zero-order chi connectivity index (χ0) is 15.0. The van der Waals surface area contributed by atoms with E-state index in [0.29, 0.717) is 16.6 Å². The summed E-state index contributed by atoms with van der Waals surface area (Å²) < 4.78 is 32.2. The SMILES string of the molecule is CCCC1(O)CN(S(=O)(=O)c2cc(Br)ccc2OC)C1. The summed E-state index contributed by atoms with van der Waals surface area (Å²) in [6.45, 7) is 2.24. The molecule has 1 aromatic rings. The molecule has 0 atom stereocenters. The molecule has 1 aliphatic heterocycles. The molecular formula is C13H18BrNO4S. The quantitative estimate of drug-likeness (QED) is 0.868. The number of rotatable bonds is 5. The average molecular weight is 364 g/mol. The van der Waals surface area contributed by atoms with Gasteiger partial charge in [-0.05, 0) is 24.6 Å². The fraction of sp³-hybridized carbons (Fsp3) is 0.538. The van der Waals surface area contributed by atoms with Crippen molar-refractivity contribution in [1.82, 2.24) is 4.31 Å². The monoisotopic (exact) mass is 363 g/mol. The molecule has 20 heavy (non-hydrogen) atoms. The summed E-state index contributed by atoms with van der Waals surface area (Å²) in [5, 5.41) is 10.1.